The summed E-state index contributed by atoms with van der Waals surface area (Å²) in [5, 5.41) is 9.16. The molecule has 4 aromatic rings. The summed E-state index contributed by atoms with van der Waals surface area (Å²) in [4.78, 5) is 21.7. The molecule has 5 rings (SSSR count). The van der Waals surface area contributed by atoms with Crippen LogP contribution in [-0.4, -0.2) is 44.9 Å². The molecular formula is C21H19N5O2S. The fourth-order valence-corrected chi connectivity index (χ4v) is 4.17. The number of nitrogens with zero attached hydrogens (tertiary/aromatic N) is 4. The van der Waals surface area contributed by atoms with Crippen LogP contribution in [0.15, 0.2) is 48.2 Å². The van der Waals surface area contributed by atoms with Gasteiger partial charge in [-0.05, 0) is 34.7 Å². The first kappa shape index (κ1) is 18.0. The summed E-state index contributed by atoms with van der Waals surface area (Å²) in [6, 6.07) is 8.00. The van der Waals surface area contributed by atoms with E-state index in [1.54, 1.807) is 22.2 Å². The minimum absolute atomic E-state index is 0.0788. The van der Waals surface area contributed by atoms with E-state index in [0.717, 1.165) is 32.6 Å². The second-order valence-electron chi connectivity index (χ2n) is 7.14. The molecule has 146 valence electrons. The molecule has 1 saturated heterocycles. The van der Waals surface area contributed by atoms with Crippen molar-refractivity contribution in [2.24, 2.45) is 7.05 Å². The quantitative estimate of drug-likeness (QED) is 0.552. The van der Waals surface area contributed by atoms with E-state index in [0.29, 0.717) is 25.3 Å². The summed E-state index contributed by atoms with van der Waals surface area (Å²) in [6.07, 6.45) is 6.32. The van der Waals surface area contributed by atoms with Crippen LogP contribution in [0, 0.1) is 0 Å². The third kappa shape index (κ3) is 3.64. The molecular weight excluding hydrogens is 386 g/mol. The van der Waals surface area contributed by atoms with Crippen molar-refractivity contribution in [1.82, 2.24) is 25.1 Å². The van der Waals surface area contributed by atoms with Gasteiger partial charge >= 0.3 is 0 Å². The van der Waals surface area contributed by atoms with Crippen molar-refractivity contribution < 1.29 is 9.53 Å². The molecule has 0 atom stereocenters. The van der Waals surface area contributed by atoms with Gasteiger partial charge in [-0.1, -0.05) is 6.07 Å². The van der Waals surface area contributed by atoms with Crippen LogP contribution in [0.5, 0.6) is 0 Å². The van der Waals surface area contributed by atoms with Gasteiger partial charge in [-0.3, -0.25) is 14.5 Å². The lowest BCUT2D eigenvalue weighted by Gasteiger charge is -2.26. The number of rotatable bonds is 5. The highest BCUT2D eigenvalue weighted by molar-refractivity contribution is 7.17. The Hall–Kier alpha value is -3.10. The minimum Gasteiger partial charge on any atom is -0.377 e. The van der Waals surface area contributed by atoms with Gasteiger partial charge < -0.3 is 10.1 Å². The molecule has 0 saturated carbocycles. The standard InChI is InChI=1S/C21H19N5O2S/c1-26-10-15(9-23-26)17-3-2-13(8-22-17)6-14-7-19(21(27)24-16-11-28-12-16)25-18-4-5-29-20(14)18/h2-5,7-10,16H,6,11-12H2,1H3,(H,24,27). The molecule has 1 aliphatic heterocycles. The van der Waals surface area contributed by atoms with Crippen LogP contribution in [0.25, 0.3) is 21.5 Å². The number of hydrogen-bond donors (Lipinski definition) is 1. The Morgan fingerprint density at radius 3 is 2.90 bits per heavy atom. The molecule has 5 heterocycles. The summed E-state index contributed by atoms with van der Waals surface area (Å²) in [7, 11) is 1.89. The van der Waals surface area contributed by atoms with Crippen LogP contribution in [0.3, 0.4) is 0 Å². The maximum atomic E-state index is 12.6. The second kappa shape index (κ2) is 7.38. The first-order valence-electron chi connectivity index (χ1n) is 9.35. The van der Waals surface area contributed by atoms with E-state index in [1.807, 2.05) is 43.0 Å². The van der Waals surface area contributed by atoms with Crippen LogP contribution in [0.4, 0.5) is 0 Å². The van der Waals surface area contributed by atoms with E-state index in [-0.39, 0.29) is 11.9 Å². The fraction of sp³-hybridized carbons (Fsp3) is 0.238. The van der Waals surface area contributed by atoms with Crippen LogP contribution in [-0.2, 0) is 18.2 Å². The molecule has 0 aliphatic carbocycles. The molecule has 1 aliphatic rings. The van der Waals surface area contributed by atoms with Gasteiger partial charge in [-0.25, -0.2) is 4.98 Å². The Bertz CT molecular complexity index is 1180. The van der Waals surface area contributed by atoms with E-state index in [1.165, 1.54) is 0 Å². The number of nitrogens with one attached hydrogen (secondary N) is 1. The van der Waals surface area contributed by atoms with Gasteiger partial charge in [0, 0.05) is 31.4 Å². The van der Waals surface area contributed by atoms with Crippen molar-refractivity contribution in [3.63, 3.8) is 0 Å². The third-order valence-electron chi connectivity index (χ3n) is 4.91. The van der Waals surface area contributed by atoms with Gasteiger partial charge in [-0.2, -0.15) is 5.10 Å². The van der Waals surface area contributed by atoms with E-state index >= 15 is 0 Å². The highest BCUT2D eigenvalue weighted by atomic mass is 32.1. The SMILES string of the molecule is Cn1cc(-c2ccc(Cc3cc(C(=O)NC4COC4)nc4ccsc34)cn2)cn1. The lowest BCUT2D eigenvalue weighted by atomic mass is 10.0. The zero-order valence-electron chi connectivity index (χ0n) is 15.8. The molecule has 0 unspecified atom stereocenters. The lowest BCUT2D eigenvalue weighted by Crippen LogP contribution is -2.48. The van der Waals surface area contributed by atoms with Crippen LogP contribution in [0.1, 0.15) is 21.6 Å². The van der Waals surface area contributed by atoms with E-state index in [2.05, 4.69) is 26.4 Å². The minimum atomic E-state index is -0.155. The van der Waals surface area contributed by atoms with Gasteiger partial charge in [0.15, 0.2) is 0 Å². The molecule has 1 amide bonds. The van der Waals surface area contributed by atoms with Gasteiger partial charge in [0.25, 0.3) is 5.91 Å². The molecule has 1 fully saturated rings. The average molecular weight is 405 g/mol. The van der Waals surface area contributed by atoms with E-state index in [4.69, 9.17) is 4.74 Å². The monoisotopic (exact) mass is 405 g/mol. The summed E-state index contributed by atoms with van der Waals surface area (Å²) >= 11 is 1.64. The normalized spacial score (nSPS) is 14.1. The highest BCUT2D eigenvalue weighted by Crippen LogP contribution is 2.27. The Morgan fingerprint density at radius 1 is 1.31 bits per heavy atom. The zero-order chi connectivity index (χ0) is 19.8. The first-order chi connectivity index (χ1) is 14.2. The predicted octanol–water partition coefficient (Wildman–Crippen LogP) is 2.81. The van der Waals surface area contributed by atoms with Crippen molar-refractivity contribution in [3.8, 4) is 11.3 Å². The van der Waals surface area contributed by atoms with Crippen molar-refractivity contribution in [3.05, 3.63) is 65.1 Å². The molecule has 7 nitrogen and oxygen atoms in total. The first-order valence-corrected chi connectivity index (χ1v) is 10.2. The molecule has 0 aromatic carbocycles. The number of fused-ring (bicyclic) bond motifs is 1. The Balaban J connectivity index is 1.41. The molecule has 29 heavy (non-hydrogen) atoms. The number of pyridine rings is 2. The smallest absolute Gasteiger partial charge is 0.270 e. The zero-order valence-corrected chi connectivity index (χ0v) is 16.6. The van der Waals surface area contributed by atoms with Gasteiger partial charge in [0.1, 0.15) is 5.69 Å². The summed E-state index contributed by atoms with van der Waals surface area (Å²) < 4.78 is 7.99. The number of hydrogen-bond acceptors (Lipinski definition) is 6. The van der Waals surface area contributed by atoms with E-state index in [9.17, 15) is 4.79 Å². The topological polar surface area (TPSA) is 81.9 Å². The van der Waals surface area contributed by atoms with Crippen LogP contribution < -0.4 is 5.32 Å². The molecule has 4 aromatic heterocycles. The van der Waals surface area contributed by atoms with E-state index < -0.39 is 0 Å². The van der Waals surface area contributed by atoms with Crippen molar-refractivity contribution in [2.45, 2.75) is 12.5 Å². The largest absolute Gasteiger partial charge is 0.377 e. The molecule has 0 radical (unpaired) electrons. The van der Waals surface area contributed by atoms with Crippen molar-refractivity contribution in [1.29, 1.82) is 0 Å². The van der Waals surface area contributed by atoms with Crippen LogP contribution in [0.2, 0.25) is 0 Å². The number of aromatic nitrogens is 4. The number of ether oxygens (including phenoxy) is 1. The fourth-order valence-electron chi connectivity index (χ4n) is 3.32. The van der Waals surface area contributed by atoms with Crippen molar-refractivity contribution in [2.75, 3.05) is 13.2 Å². The van der Waals surface area contributed by atoms with Gasteiger partial charge in [-0.15, -0.1) is 11.3 Å². The maximum absolute atomic E-state index is 12.6. The number of carbonyl (C=O) groups is 1. The Morgan fingerprint density at radius 2 is 2.21 bits per heavy atom. The summed E-state index contributed by atoms with van der Waals surface area (Å²) in [5.41, 5.74) is 5.33. The molecule has 8 heteroatoms. The number of carbonyl (C=O) groups excluding carboxylic acids is 1. The number of aryl methyl sites for hydroxylation is 1. The van der Waals surface area contributed by atoms with Gasteiger partial charge in [0.05, 0.1) is 41.4 Å². The predicted molar refractivity (Wildman–Crippen MR) is 111 cm³/mol. The number of thiophene rings is 1. The average Bonchev–Trinajstić information content (AvgIpc) is 3.34. The van der Waals surface area contributed by atoms with Gasteiger partial charge in [0.2, 0.25) is 0 Å². The second-order valence-corrected chi connectivity index (χ2v) is 8.06. The van der Waals surface area contributed by atoms with Crippen molar-refractivity contribution >= 4 is 27.5 Å². The molecule has 0 bridgehead atoms. The summed E-state index contributed by atoms with van der Waals surface area (Å²) in [5.74, 6) is -0.155. The molecule has 0 spiro atoms. The molecule has 1 N–H and O–H groups in total. The maximum Gasteiger partial charge on any atom is 0.270 e. The third-order valence-corrected chi connectivity index (χ3v) is 5.89. The lowest BCUT2D eigenvalue weighted by molar-refractivity contribution is -0.00354. The van der Waals surface area contributed by atoms with Crippen LogP contribution >= 0.6 is 11.3 Å². The number of amides is 1. The Kier molecular flexibility index (Phi) is 4.57. The highest BCUT2D eigenvalue weighted by Gasteiger charge is 2.22. The Labute approximate surface area is 171 Å². The summed E-state index contributed by atoms with van der Waals surface area (Å²) in [6.45, 7) is 1.13.